The third-order valence-electron chi connectivity index (χ3n) is 5.04. The second-order valence-electron chi connectivity index (χ2n) is 7.39. The first kappa shape index (κ1) is 25.4. The first-order chi connectivity index (χ1) is 16.6. The van der Waals surface area contributed by atoms with Gasteiger partial charge < -0.3 is 9.47 Å². The van der Waals surface area contributed by atoms with E-state index in [1.807, 2.05) is 6.07 Å². The Morgan fingerprint density at radius 1 is 1.11 bits per heavy atom. The molecule has 0 saturated heterocycles. The van der Waals surface area contributed by atoms with Gasteiger partial charge in [-0.25, -0.2) is 9.79 Å². The summed E-state index contributed by atoms with van der Waals surface area (Å²) in [5.74, 6) is -0.0797. The maximum absolute atomic E-state index is 12.4. The molecule has 0 radical (unpaired) electrons. The number of nitrogens with zero attached hydrogens (tertiary/aromatic N) is 2. The number of hydrogen-bond acceptors (Lipinski definition) is 6. The topological polar surface area (TPSA) is 91.0 Å². The fourth-order valence-electron chi connectivity index (χ4n) is 3.32. The van der Waals surface area contributed by atoms with Crippen LogP contribution in [0.5, 0.6) is 5.75 Å². The Morgan fingerprint density at radius 2 is 1.83 bits per heavy atom. The van der Waals surface area contributed by atoms with Crippen LogP contribution in [0.25, 0.3) is 6.08 Å². The van der Waals surface area contributed by atoms with Crippen molar-refractivity contribution in [2.75, 3.05) is 0 Å². The molecular formula is C24H14Br2Cl2N2O5. The molecule has 11 heteroatoms. The van der Waals surface area contributed by atoms with Crippen LogP contribution in [-0.4, -0.2) is 16.8 Å². The van der Waals surface area contributed by atoms with Gasteiger partial charge in [0.25, 0.3) is 5.69 Å². The van der Waals surface area contributed by atoms with Crippen LogP contribution in [0.1, 0.15) is 22.3 Å². The molecule has 1 aliphatic rings. The van der Waals surface area contributed by atoms with E-state index >= 15 is 0 Å². The highest BCUT2D eigenvalue weighted by Crippen LogP contribution is 2.37. The zero-order chi connectivity index (χ0) is 25.3. The lowest BCUT2D eigenvalue weighted by atomic mass is 10.1. The Balaban J connectivity index is 1.58. The summed E-state index contributed by atoms with van der Waals surface area (Å²) in [5.41, 5.74) is 2.22. The number of nitro groups is 1. The van der Waals surface area contributed by atoms with E-state index in [9.17, 15) is 14.9 Å². The average Bonchev–Trinajstić information content (AvgIpc) is 3.15. The van der Waals surface area contributed by atoms with Gasteiger partial charge in [0.2, 0.25) is 5.90 Å². The molecule has 4 rings (SSSR count). The van der Waals surface area contributed by atoms with Crippen molar-refractivity contribution < 1.29 is 19.2 Å². The van der Waals surface area contributed by atoms with E-state index in [-0.39, 0.29) is 23.9 Å². The summed E-state index contributed by atoms with van der Waals surface area (Å²) in [5, 5.41) is 12.1. The summed E-state index contributed by atoms with van der Waals surface area (Å²) in [6.45, 7) is 1.84. The van der Waals surface area contributed by atoms with Gasteiger partial charge in [-0.3, -0.25) is 10.1 Å². The molecule has 0 spiro atoms. The molecule has 0 amide bonds. The monoisotopic (exact) mass is 638 g/mol. The lowest BCUT2D eigenvalue weighted by molar-refractivity contribution is -0.385. The maximum Gasteiger partial charge on any atom is 0.363 e. The van der Waals surface area contributed by atoms with Crippen LogP contribution < -0.4 is 4.74 Å². The maximum atomic E-state index is 12.4. The third-order valence-corrected chi connectivity index (χ3v) is 6.96. The van der Waals surface area contributed by atoms with Gasteiger partial charge in [-0.05, 0) is 86.3 Å². The predicted octanol–water partition coefficient (Wildman–Crippen LogP) is 7.66. The van der Waals surface area contributed by atoms with Gasteiger partial charge >= 0.3 is 5.97 Å². The zero-order valence-corrected chi connectivity index (χ0v) is 22.5. The van der Waals surface area contributed by atoms with Crippen LogP contribution in [0.2, 0.25) is 10.0 Å². The number of ether oxygens (including phenoxy) is 2. The van der Waals surface area contributed by atoms with E-state index in [0.717, 1.165) is 5.56 Å². The van der Waals surface area contributed by atoms with Crippen LogP contribution >= 0.6 is 55.1 Å². The minimum atomic E-state index is -0.655. The minimum Gasteiger partial charge on any atom is -0.487 e. The predicted molar refractivity (Wildman–Crippen MR) is 141 cm³/mol. The first-order valence-electron chi connectivity index (χ1n) is 9.96. The number of esters is 1. The summed E-state index contributed by atoms with van der Waals surface area (Å²) in [4.78, 5) is 27.4. The van der Waals surface area contributed by atoms with Crippen molar-refractivity contribution in [3.63, 3.8) is 0 Å². The Bertz CT molecular complexity index is 1420. The zero-order valence-electron chi connectivity index (χ0n) is 17.9. The molecule has 0 fully saturated rings. The SMILES string of the molecule is Cc1c(C2=N/C(=C\c3cc(Br)c(OCc4ccc(Cl)c(Cl)c4)c(Br)c3)C(=O)O2)cccc1[N+](=O)[O-]. The molecule has 0 bridgehead atoms. The number of halogens is 4. The highest BCUT2D eigenvalue weighted by atomic mass is 79.9. The number of nitro benzene ring substituents is 1. The molecular weight excluding hydrogens is 627 g/mol. The van der Waals surface area contributed by atoms with E-state index in [0.29, 0.717) is 41.4 Å². The highest BCUT2D eigenvalue weighted by molar-refractivity contribution is 9.11. The number of hydrogen-bond donors (Lipinski definition) is 0. The van der Waals surface area contributed by atoms with E-state index < -0.39 is 10.9 Å². The van der Waals surface area contributed by atoms with Gasteiger partial charge in [0, 0.05) is 17.2 Å². The molecule has 0 aromatic heterocycles. The van der Waals surface area contributed by atoms with Crippen molar-refractivity contribution in [1.82, 2.24) is 0 Å². The summed E-state index contributed by atoms with van der Waals surface area (Å²) in [6.07, 6.45) is 1.56. The summed E-state index contributed by atoms with van der Waals surface area (Å²) in [6, 6.07) is 13.3. The number of rotatable bonds is 6. The third kappa shape index (κ3) is 5.59. The molecule has 3 aromatic rings. The molecule has 1 heterocycles. The summed E-state index contributed by atoms with van der Waals surface area (Å²) >= 11 is 19.0. The Labute approximate surface area is 226 Å². The highest BCUT2D eigenvalue weighted by Gasteiger charge is 2.27. The van der Waals surface area contributed by atoms with Crippen LogP contribution in [0, 0.1) is 17.0 Å². The molecule has 35 heavy (non-hydrogen) atoms. The van der Waals surface area contributed by atoms with Crippen LogP contribution in [0.15, 0.2) is 68.2 Å². The number of cyclic esters (lactones) is 1. The van der Waals surface area contributed by atoms with Crippen molar-refractivity contribution in [3.05, 3.63) is 106 Å². The Kier molecular flexibility index (Phi) is 7.61. The standard InChI is InChI=1S/C24H14Br2Cl2N2O5/c1-12-15(3-2-4-21(12)30(32)33)23-29-20(24(31)35-23)10-14-7-16(25)22(17(26)8-14)34-11-13-5-6-18(27)19(28)9-13/h2-10H,11H2,1H3/b20-10-. The molecule has 178 valence electrons. The fraction of sp³-hybridized carbons (Fsp3) is 0.0833. The van der Waals surface area contributed by atoms with Crippen molar-refractivity contribution in [2.45, 2.75) is 13.5 Å². The second-order valence-corrected chi connectivity index (χ2v) is 9.92. The second kappa shape index (κ2) is 10.5. The molecule has 0 aliphatic carbocycles. The summed E-state index contributed by atoms with van der Waals surface area (Å²) in [7, 11) is 0. The lowest BCUT2D eigenvalue weighted by Crippen LogP contribution is -2.08. The molecule has 0 atom stereocenters. The Hall–Kier alpha value is -2.72. The van der Waals surface area contributed by atoms with Gasteiger partial charge in [-0.1, -0.05) is 35.3 Å². The Morgan fingerprint density at radius 3 is 2.49 bits per heavy atom. The largest absolute Gasteiger partial charge is 0.487 e. The smallest absolute Gasteiger partial charge is 0.363 e. The molecule has 7 nitrogen and oxygen atoms in total. The fourth-order valence-corrected chi connectivity index (χ4v) is 5.09. The van der Waals surface area contributed by atoms with Crippen molar-refractivity contribution in [1.29, 1.82) is 0 Å². The van der Waals surface area contributed by atoms with Gasteiger partial charge in [0.1, 0.15) is 12.4 Å². The van der Waals surface area contributed by atoms with E-state index in [2.05, 4.69) is 36.9 Å². The lowest BCUT2D eigenvalue weighted by Gasteiger charge is -2.12. The minimum absolute atomic E-state index is 0.0159. The van der Waals surface area contributed by atoms with Gasteiger partial charge in [0.05, 0.1) is 23.9 Å². The van der Waals surface area contributed by atoms with E-state index in [1.165, 1.54) is 12.1 Å². The summed E-state index contributed by atoms with van der Waals surface area (Å²) < 4.78 is 12.5. The number of aliphatic imine (C=N–C) groups is 1. The number of carbonyl (C=O) groups is 1. The molecule has 1 aliphatic heterocycles. The number of carbonyl (C=O) groups excluding carboxylic acids is 1. The molecule has 3 aromatic carbocycles. The molecule has 0 unspecified atom stereocenters. The van der Waals surface area contributed by atoms with E-state index in [4.69, 9.17) is 32.7 Å². The van der Waals surface area contributed by atoms with Gasteiger partial charge in [0.15, 0.2) is 5.70 Å². The molecule has 0 saturated carbocycles. The number of benzene rings is 3. The van der Waals surface area contributed by atoms with Crippen LogP contribution in [-0.2, 0) is 16.1 Å². The van der Waals surface area contributed by atoms with Crippen molar-refractivity contribution in [3.8, 4) is 5.75 Å². The van der Waals surface area contributed by atoms with Crippen molar-refractivity contribution >= 4 is 78.7 Å². The average molecular weight is 641 g/mol. The molecule has 0 N–H and O–H groups in total. The normalized spacial score (nSPS) is 14.1. The quantitative estimate of drug-likeness (QED) is 0.119. The van der Waals surface area contributed by atoms with Gasteiger partial charge in [-0.2, -0.15) is 0 Å². The van der Waals surface area contributed by atoms with Crippen molar-refractivity contribution in [2.24, 2.45) is 4.99 Å². The van der Waals surface area contributed by atoms with Gasteiger partial charge in [-0.15, -0.1) is 0 Å². The van der Waals surface area contributed by atoms with Crippen LogP contribution in [0.4, 0.5) is 5.69 Å². The van der Waals surface area contributed by atoms with E-state index in [1.54, 1.807) is 43.3 Å². The van der Waals surface area contributed by atoms with Crippen LogP contribution in [0.3, 0.4) is 0 Å². The first-order valence-corrected chi connectivity index (χ1v) is 12.3.